The summed E-state index contributed by atoms with van der Waals surface area (Å²) in [7, 11) is -2.28. The van der Waals surface area contributed by atoms with Crippen molar-refractivity contribution in [3.05, 3.63) is 65.5 Å². The van der Waals surface area contributed by atoms with Gasteiger partial charge in [-0.05, 0) is 30.7 Å². The van der Waals surface area contributed by atoms with E-state index in [9.17, 15) is 17.6 Å². The average molecular weight is 395 g/mol. The maximum atomic E-state index is 13.1. The van der Waals surface area contributed by atoms with Crippen LogP contribution in [-0.4, -0.2) is 38.7 Å². The molecule has 0 saturated heterocycles. The first-order valence-electron chi connectivity index (χ1n) is 8.36. The van der Waals surface area contributed by atoms with Gasteiger partial charge in [-0.15, -0.1) is 0 Å². The molecule has 0 aliphatic rings. The van der Waals surface area contributed by atoms with Crippen LogP contribution in [0.1, 0.15) is 18.1 Å². The molecule has 0 bridgehead atoms. The quantitative estimate of drug-likeness (QED) is 0.611. The summed E-state index contributed by atoms with van der Waals surface area (Å²) in [6, 6.07) is 12.4. The number of carbonyl (C=O) groups excluding carboxylic acids is 1. The van der Waals surface area contributed by atoms with Crippen molar-refractivity contribution in [2.45, 2.75) is 20.0 Å². The Labute approximate surface area is 158 Å². The fourth-order valence-electron chi connectivity index (χ4n) is 2.37. The Balaban J connectivity index is 2.27. The minimum Gasteiger partial charge on any atom is -0.382 e. The monoisotopic (exact) mass is 395 g/mol. The smallest absolute Gasteiger partial charge is 0.308 e. The lowest BCUT2D eigenvalue weighted by Crippen LogP contribution is -2.33. The molecule has 0 N–H and O–H groups in total. The highest BCUT2D eigenvalue weighted by atomic mass is 32.2. The lowest BCUT2D eigenvalue weighted by atomic mass is 10.1. The number of carbonyl (C=O) groups is 1. The largest absolute Gasteiger partial charge is 0.382 e. The third kappa shape index (κ3) is 6.33. The lowest BCUT2D eigenvalue weighted by Gasteiger charge is -2.24. The molecule has 2 aromatic carbocycles. The summed E-state index contributed by atoms with van der Waals surface area (Å²) in [5, 5.41) is 0. The number of ether oxygens (including phenoxy) is 1. The molecule has 0 fully saturated rings. The van der Waals surface area contributed by atoms with Gasteiger partial charge in [0.25, 0.3) is 0 Å². The van der Waals surface area contributed by atoms with Gasteiger partial charge in [0.05, 0.1) is 5.75 Å². The van der Waals surface area contributed by atoms with Gasteiger partial charge >= 0.3 is 10.1 Å². The summed E-state index contributed by atoms with van der Waals surface area (Å²) < 4.78 is 46.8. The lowest BCUT2D eigenvalue weighted by molar-refractivity contribution is -0.136. The highest BCUT2D eigenvalue weighted by Gasteiger charge is 2.19. The number of nitrogens with zero attached hydrogens (tertiary/aromatic N) is 1. The number of para-hydroxylation sites is 1. The fourth-order valence-corrected chi connectivity index (χ4v) is 2.93. The van der Waals surface area contributed by atoms with Crippen LogP contribution in [0.15, 0.2) is 48.5 Å². The van der Waals surface area contributed by atoms with Crippen molar-refractivity contribution in [3.63, 3.8) is 0 Å². The minimum absolute atomic E-state index is 0.120. The third-order valence-electron chi connectivity index (χ3n) is 3.81. The molecular formula is C19H22FNO5S. The van der Waals surface area contributed by atoms with Crippen LogP contribution in [0.2, 0.25) is 0 Å². The van der Waals surface area contributed by atoms with Crippen LogP contribution in [0.25, 0.3) is 0 Å². The molecule has 8 heteroatoms. The van der Waals surface area contributed by atoms with Crippen molar-refractivity contribution in [2.75, 3.05) is 19.5 Å². The van der Waals surface area contributed by atoms with Crippen molar-refractivity contribution in [3.8, 4) is 5.75 Å². The zero-order valence-electron chi connectivity index (χ0n) is 15.2. The molecule has 0 unspecified atom stereocenters. The molecule has 27 heavy (non-hydrogen) atoms. The molecular weight excluding hydrogens is 373 g/mol. The van der Waals surface area contributed by atoms with Crippen LogP contribution < -0.4 is 4.18 Å². The number of rotatable bonds is 9. The van der Waals surface area contributed by atoms with Crippen LogP contribution in [0.5, 0.6) is 5.75 Å². The van der Waals surface area contributed by atoms with Gasteiger partial charge in [-0.25, -0.2) is 4.39 Å². The van der Waals surface area contributed by atoms with E-state index in [1.165, 1.54) is 31.1 Å². The van der Waals surface area contributed by atoms with Crippen molar-refractivity contribution >= 4 is 16.0 Å². The summed E-state index contributed by atoms with van der Waals surface area (Å²) in [6.07, 6.45) is 0. The second kappa shape index (κ2) is 9.48. The summed E-state index contributed by atoms with van der Waals surface area (Å²) in [5.74, 6) is -0.635. The number of benzene rings is 2. The molecule has 6 nitrogen and oxygen atoms in total. The molecule has 1 amide bonds. The maximum absolute atomic E-state index is 13.1. The second-order valence-corrected chi connectivity index (χ2v) is 7.71. The zero-order chi connectivity index (χ0) is 19.9. The SMILES string of the molecule is CCS(=O)(=O)Oc1ccccc1CN(Cc1ccc(F)cc1)C(=O)COC. The number of methoxy groups -OCH3 is 1. The Kier molecular flexibility index (Phi) is 7.32. The summed E-state index contributed by atoms with van der Waals surface area (Å²) in [6.45, 7) is 1.70. The predicted octanol–water partition coefficient (Wildman–Crippen LogP) is 2.73. The molecule has 0 aliphatic carbocycles. The van der Waals surface area contributed by atoms with Gasteiger partial charge in [-0.3, -0.25) is 4.79 Å². The molecule has 0 saturated carbocycles. The van der Waals surface area contributed by atoms with E-state index in [4.69, 9.17) is 8.92 Å². The first-order valence-corrected chi connectivity index (χ1v) is 9.93. The number of hydrogen-bond acceptors (Lipinski definition) is 5. The topological polar surface area (TPSA) is 72.9 Å². The van der Waals surface area contributed by atoms with E-state index in [1.807, 2.05) is 0 Å². The molecule has 2 aromatic rings. The molecule has 2 rings (SSSR count). The molecule has 0 heterocycles. The normalized spacial score (nSPS) is 11.2. The maximum Gasteiger partial charge on any atom is 0.308 e. The highest BCUT2D eigenvalue weighted by molar-refractivity contribution is 7.87. The summed E-state index contributed by atoms with van der Waals surface area (Å²) in [4.78, 5) is 13.9. The highest BCUT2D eigenvalue weighted by Crippen LogP contribution is 2.23. The molecule has 0 radical (unpaired) electrons. The zero-order valence-corrected chi connectivity index (χ0v) is 16.0. The first kappa shape index (κ1) is 20.9. The van der Waals surface area contributed by atoms with Crippen LogP contribution in [0.4, 0.5) is 4.39 Å². The van der Waals surface area contributed by atoms with E-state index < -0.39 is 10.1 Å². The second-order valence-electron chi connectivity index (χ2n) is 5.85. The van der Waals surface area contributed by atoms with Crippen LogP contribution in [0, 0.1) is 5.82 Å². The van der Waals surface area contributed by atoms with E-state index >= 15 is 0 Å². The third-order valence-corrected chi connectivity index (χ3v) is 4.95. The number of amides is 1. The molecule has 0 aromatic heterocycles. The Morgan fingerprint density at radius 3 is 2.37 bits per heavy atom. The van der Waals surface area contributed by atoms with Gasteiger partial charge in [-0.2, -0.15) is 8.42 Å². The Bertz CT molecular complexity index is 868. The van der Waals surface area contributed by atoms with Crippen LogP contribution >= 0.6 is 0 Å². The Morgan fingerprint density at radius 2 is 1.74 bits per heavy atom. The Morgan fingerprint density at radius 1 is 1.07 bits per heavy atom. The van der Waals surface area contributed by atoms with Crippen LogP contribution in [-0.2, 0) is 32.7 Å². The van der Waals surface area contributed by atoms with E-state index in [2.05, 4.69) is 0 Å². The summed E-state index contributed by atoms with van der Waals surface area (Å²) in [5.41, 5.74) is 1.28. The van der Waals surface area contributed by atoms with E-state index in [1.54, 1.807) is 36.4 Å². The van der Waals surface area contributed by atoms with Gasteiger partial charge in [0.15, 0.2) is 0 Å². The number of halogens is 1. The van der Waals surface area contributed by atoms with Gasteiger partial charge in [0, 0.05) is 25.8 Å². The molecule has 0 atom stereocenters. The van der Waals surface area contributed by atoms with Crippen molar-refractivity contribution < 1.29 is 26.5 Å². The molecule has 0 aliphatic heterocycles. The predicted molar refractivity (Wildman–Crippen MR) is 99.1 cm³/mol. The van der Waals surface area contributed by atoms with Crippen molar-refractivity contribution in [1.29, 1.82) is 0 Å². The summed E-state index contributed by atoms with van der Waals surface area (Å²) >= 11 is 0. The molecule has 0 spiro atoms. The minimum atomic E-state index is -3.69. The van der Waals surface area contributed by atoms with Gasteiger partial charge in [0.2, 0.25) is 5.91 Å². The van der Waals surface area contributed by atoms with Crippen LogP contribution in [0.3, 0.4) is 0 Å². The first-order chi connectivity index (χ1) is 12.8. The van der Waals surface area contributed by atoms with Gasteiger partial charge < -0.3 is 13.8 Å². The van der Waals surface area contributed by atoms with Gasteiger partial charge in [-0.1, -0.05) is 30.3 Å². The van der Waals surface area contributed by atoms with Crippen molar-refractivity contribution in [2.24, 2.45) is 0 Å². The van der Waals surface area contributed by atoms with Gasteiger partial charge in [0.1, 0.15) is 18.2 Å². The number of hydrogen-bond donors (Lipinski definition) is 0. The van der Waals surface area contributed by atoms with E-state index in [0.717, 1.165) is 5.56 Å². The Hall–Kier alpha value is -2.45. The van der Waals surface area contributed by atoms with E-state index in [-0.39, 0.29) is 42.9 Å². The molecule has 146 valence electrons. The van der Waals surface area contributed by atoms with E-state index in [0.29, 0.717) is 5.56 Å². The standard InChI is InChI=1S/C19H22FNO5S/c1-3-27(23,24)26-18-7-5-4-6-16(18)13-21(19(22)14-25-2)12-15-8-10-17(20)11-9-15/h4-11H,3,12-14H2,1-2H3. The fraction of sp³-hybridized carbons (Fsp3) is 0.316. The average Bonchev–Trinajstić information content (AvgIpc) is 2.64. The van der Waals surface area contributed by atoms with Crippen molar-refractivity contribution in [1.82, 2.24) is 4.90 Å².